The van der Waals surface area contributed by atoms with Crippen molar-refractivity contribution in [1.82, 2.24) is 14.5 Å². The second-order valence-corrected chi connectivity index (χ2v) is 4.19. The molecule has 0 aliphatic heterocycles. The first kappa shape index (κ1) is 11.9. The molecule has 2 aromatic heterocycles. The van der Waals surface area contributed by atoms with Crippen molar-refractivity contribution in [2.24, 2.45) is 0 Å². The summed E-state index contributed by atoms with van der Waals surface area (Å²) in [6.45, 7) is 0. The predicted molar refractivity (Wildman–Crippen MR) is 72.9 cm³/mol. The first-order chi connectivity index (χ1) is 9.85. The number of nitrogens with zero attached hydrogens (tertiary/aromatic N) is 5. The van der Waals surface area contributed by atoms with Crippen LogP contribution in [-0.2, 0) is 6.42 Å². The molecule has 0 radical (unpaired) electrons. The van der Waals surface area contributed by atoms with Gasteiger partial charge in [0.15, 0.2) is 0 Å². The van der Waals surface area contributed by atoms with Gasteiger partial charge >= 0.3 is 0 Å². The fourth-order valence-corrected chi connectivity index (χ4v) is 2.19. The van der Waals surface area contributed by atoms with Crippen LogP contribution >= 0.6 is 0 Å². The number of para-hydroxylation sites is 2. The van der Waals surface area contributed by atoms with Gasteiger partial charge in [-0.1, -0.05) is 12.1 Å². The van der Waals surface area contributed by atoms with Gasteiger partial charge in [0, 0.05) is 6.20 Å². The highest BCUT2D eigenvalue weighted by molar-refractivity contribution is 5.79. The Labute approximate surface area is 115 Å². The lowest BCUT2D eigenvalue weighted by Gasteiger charge is -2.08. The minimum absolute atomic E-state index is 0.175. The number of hydrogen-bond donors (Lipinski definition) is 0. The molecule has 0 N–H and O–H groups in total. The molecule has 0 aliphatic carbocycles. The van der Waals surface area contributed by atoms with E-state index in [4.69, 9.17) is 5.26 Å². The zero-order chi connectivity index (χ0) is 13.9. The van der Waals surface area contributed by atoms with Crippen LogP contribution in [0.1, 0.15) is 11.4 Å². The molecule has 0 spiro atoms. The number of benzene rings is 1. The number of hydrogen-bond acceptors (Lipinski definition) is 4. The number of nitriles is 2. The standard InChI is InChI=1S/C15H9N5/c16-7-5-15-19-12-3-1-2-4-13(12)20(15)14-10-18-8-6-11(14)9-17/h1-4,6,8,10H,5H2. The lowest BCUT2D eigenvalue weighted by molar-refractivity contribution is 0.944. The molecule has 3 aromatic rings. The normalized spacial score (nSPS) is 10.1. The van der Waals surface area contributed by atoms with Crippen LogP contribution in [0, 0.1) is 22.7 Å². The van der Waals surface area contributed by atoms with Gasteiger partial charge in [-0.3, -0.25) is 9.55 Å². The second-order valence-electron chi connectivity index (χ2n) is 4.19. The summed E-state index contributed by atoms with van der Waals surface area (Å²) in [6.07, 6.45) is 3.37. The Morgan fingerprint density at radius 1 is 1.15 bits per heavy atom. The molecule has 0 saturated heterocycles. The molecule has 0 unspecified atom stereocenters. The maximum Gasteiger partial charge on any atom is 0.128 e. The van der Waals surface area contributed by atoms with Crippen molar-refractivity contribution in [2.75, 3.05) is 0 Å². The molecule has 94 valence electrons. The molecule has 3 rings (SSSR count). The van der Waals surface area contributed by atoms with Crippen LogP contribution in [-0.4, -0.2) is 14.5 Å². The molecule has 0 fully saturated rings. The molecule has 0 bridgehead atoms. The summed E-state index contributed by atoms with van der Waals surface area (Å²) in [4.78, 5) is 8.53. The van der Waals surface area contributed by atoms with Crippen LogP contribution in [0.25, 0.3) is 16.7 Å². The summed E-state index contributed by atoms with van der Waals surface area (Å²) in [5.74, 6) is 0.609. The Bertz CT molecular complexity index is 864. The maximum absolute atomic E-state index is 9.23. The molecular formula is C15H9N5. The fraction of sp³-hybridized carbons (Fsp3) is 0.0667. The summed E-state index contributed by atoms with van der Waals surface area (Å²) in [6, 6.07) is 13.5. The van der Waals surface area contributed by atoms with Gasteiger partial charge < -0.3 is 0 Å². The highest BCUT2D eigenvalue weighted by atomic mass is 15.1. The molecule has 1 aromatic carbocycles. The van der Waals surface area contributed by atoms with E-state index in [0.717, 1.165) is 11.0 Å². The highest BCUT2D eigenvalue weighted by Crippen LogP contribution is 2.23. The Kier molecular flexibility index (Phi) is 2.87. The van der Waals surface area contributed by atoms with Crippen LogP contribution in [0.4, 0.5) is 0 Å². The van der Waals surface area contributed by atoms with Gasteiger partial charge in [-0.05, 0) is 18.2 Å². The van der Waals surface area contributed by atoms with E-state index in [0.29, 0.717) is 17.1 Å². The molecule has 0 aliphatic rings. The minimum atomic E-state index is 0.175. The van der Waals surface area contributed by atoms with E-state index < -0.39 is 0 Å². The molecule has 5 heteroatoms. The minimum Gasteiger partial charge on any atom is -0.293 e. The average molecular weight is 259 g/mol. The highest BCUT2D eigenvalue weighted by Gasteiger charge is 2.14. The fourth-order valence-electron chi connectivity index (χ4n) is 2.19. The number of pyridine rings is 1. The zero-order valence-electron chi connectivity index (χ0n) is 10.5. The van der Waals surface area contributed by atoms with E-state index >= 15 is 0 Å². The van der Waals surface area contributed by atoms with Gasteiger partial charge in [0.1, 0.15) is 11.9 Å². The molecule has 2 heterocycles. The second kappa shape index (κ2) is 4.83. The third-order valence-corrected chi connectivity index (χ3v) is 3.03. The Hall–Kier alpha value is -3.18. The lowest BCUT2D eigenvalue weighted by atomic mass is 10.2. The number of imidazole rings is 1. The van der Waals surface area contributed by atoms with Crippen molar-refractivity contribution in [3.8, 4) is 17.8 Å². The van der Waals surface area contributed by atoms with Gasteiger partial charge in [-0.15, -0.1) is 0 Å². The van der Waals surface area contributed by atoms with Crippen molar-refractivity contribution in [3.63, 3.8) is 0 Å². The van der Waals surface area contributed by atoms with Crippen LogP contribution in [0.5, 0.6) is 0 Å². The van der Waals surface area contributed by atoms with Crippen LogP contribution < -0.4 is 0 Å². The monoisotopic (exact) mass is 259 g/mol. The van der Waals surface area contributed by atoms with Crippen LogP contribution in [0.15, 0.2) is 42.7 Å². The van der Waals surface area contributed by atoms with Gasteiger partial charge in [0.05, 0.1) is 41.0 Å². The van der Waals surface area contributed by atoms with Gasteiger partial charge in [-0.2, -0.15) is 10.5 Å². The van der Waals surface area contributed by atoms with E-state index in [2.05, 4.69) is 22.1 Å². The topological polar surface area (TPSA) is 78.3 Å². The maximum atomic E-state index is 9.23. The molecule has 5 nitrogen and oxygen atoms in total. The molecule has 20 heavy (non-hydrogen) atoms. The molecular weight excluding hydrogens is 250 g/mol. The van der Waals surface area contributed by atoms with E-state index in [-0.39, 0.29) is 6.42 Å². The first-order valence-corrected chi connectivity index (χ1v) is 6.03. The SMILES string of the molecule is N#CCc1nc2ccccc2n1-c1cnccc1C#N. The quantitative estimate of drug-likeness (QED) is 0.707. The third kappa shape index (κ3) is 1.79. The lowest BCUT2D eigenvalue weighted by Crippen LogP contribution is -2.03. The predicted octanol–water partition coefficient (Wildman–Crippen LogP) is 2.36. The third-order valence-electron chi connectivity index (χ3n) is 3.03. The summed E-state index contributed by atoms with van der Waals surface area (Å²) in [5.41, 5.74) is 2.81. The number of rotatable bonds is 2. The smallest absolute Gasteiger partial charge is 0.128 e. The van der Waals surface area contributed by atoms with Crippen molar-refractivity contribution >= 4 is 11.0 Å². The number of fused-ring (bicyclic) bond motifs is 1. The van der Waals surface area contributed by atoms with E-state index in [1.807, 2.05) is 28.8 Å². The van der Waals surface area contributed by atoms with Gasteiger partial charge in [0.2, 0.25) is 0 Å². The average Bonchev–Trinajstić information content (AvgIpc) is 2.85. The van der Waals surface area contributed by atoms with Crippen molar-refractivity contribution in [3.05, 3.63) is 54.1 Å². The van der Waals surface area contributed by atoms with E-state index in [9.17, 15) is 5.26 Å². The summed E-state index contributed by atoms with van der Waals surface area (Å²) < 4.78 is 1.82. The van der Waals surface area contributed by atoms with E-state index in [1.54, 1.807) is 18.5 Å². The Morgan fingerprint density at radius 3 is 2.80 bits per heavy atom. The molecule has 0 atom stereocenters. The van der Waals surface area contributed by atoms with Crippen LogP contribution in [0.2, 0.25) is 0 Å². The Balaban J connectivity index is 2.37. The van der Waals surface area contributed by atoms with Gasteiger partial charge in [-0.25, -0.2) is 4.98 Å². The zero-order valence-corrected chi connectivity index (χ0v) is 10.5. The number of aromatic nitrogens is 3. The largest absolute Gasteiger partial charge is 0.293 e. The summed E-state index contributed by atoms with van der Waals surface area (Å²) in [5, 5.41) is 18.2. The van der Waals surface area contributed by atoms with Crippen LogP contribution in [0.3, 0.4) is 0 Å². The molecule has 0 saturated carbocycles. The van der Waals surface area contributed by atoms with Crippen molar-refractivity contribution < 1.29 is 0 Å². The van der Waals surface area contributed by atoms with E-state index in [1.165, 1.54) is 0 Å². The van der Waals surface area contributed by atoms with Crippen molar-refractivity contribution in [2.45, 2.75) is 6.42 Å². The molecule has 0 amide bonds. The summed E-state index contributed by atoms with van der Waals surface area (Å²) in [7, 11) is 0. The van der Waals surface area contributed by atoms with Gasteiger partial charge in [0.25, 0.3) is 0 Å². The summed E-state index contributed by atoms with van der Waals surface area (Å²) >= 11 is 0. The Morgan fingerprint density at radius 2 is 2.00 bits per heavy atom. The first-order valence-electron chi connectivity index (χ1n) is 6.03. The van der Waals surface area contributed by atoms with Crippen molar-refractivity contribution in [1.29, 1.82) is 10.5 Å².